The molecule has 4 N–H and O–H groups in total. The van der Waals surface area contributed by atoms with Gasteiger partial charge >= 0.3 is 0 Å². The molecule has 1 aromatic rings. The van der Waals surface area contributed by atoms with Crippen molar-refractivity contribution in [3.8, 4) is 0 Å². The van der Waals surface area contributed by atoms with Crippen LogP contribution in [0.5, 0.6) is 0 Å². The van der Waals surface area contributed by atoms with Gasteiger partial charge in [0.25, 0.3) is 5.91 Å². The fourth-order valence-corrected chi connectivity index (χ4v) is 2.27. The van der Waals surface area contributed by atoms with Gasteiger partial charge in [0.2, 0.25) is 10.0 Å². The lowest BCUT2D eigenvalue weighted by Gasteiger charge is -2.07. The summed E-state index contributed by atoms with van der Waals surface area (Å²) in [6.07, 6.45) is 0.891. The molecule has 1 amide bonds. The van der Waals surface area contributed by atoms with Gasteiger partial charge in [-0.3, -0.25) is 4.79 Å². The number of carbonyl (C=O) groups is 1. The number of anilines is 1. The summed E-state index contributed by atoms with van der Waals surface area (Å²) in [5.74, 6) is -1.75. The SMILES string of the molecule is CCNS(=O)(=O)CCNC(=O)c1cc(F)cnc1N. The van der Waals surface area contributed by atoms with Crippen LogP contribution in [0.1, 0.15) is 17.3 Å². The summed E-state index contributed by atoms with van der Waals surface area (Å²) >= 11 is 0. The first-order chi connectivity index (χ1) is 8.85. The Balaban J connectivity index is 2.59. The van der Waals surface area contributed by atoms with Crippen LogP contribution in [0.25, 0.3) is 0 Å². The fraction of sp³-hybridized carbons (Fsp3) is 0.400. The number of hydrogen-bond donors (Lipinski definition) is 3. The third-order valence-corrected chi connectivity index (χ3v) is 3.62. The van der Waals surface area contributed by atoms with E-state index in [1.165, 1.54) is 0 Å². The first-order valence-electron chi connectivity index (χ1n) is 5.52. The van der Waals surface area contributed by atoms with E-state index in [-0.39, 0.29) is 30.2 Å². The Bertz CT molecular complexity index is 562. The van der Waals surface area contributed by atoms with Crippen molar-refractivity contribution in [1.82, 2.24) is 15.0 Å². The number of halogens is 1. The second-order valence-electron chi connectivity index (χ2n) is 3.66. The van der Waals surface area contributed by atoms with E-state index in [1.54, 1.807) is 6.92 Å². The molecule has 0 aliphatic heterocycles. The first-order valence-corrected chi connectivity index (χ1v) is 7.17. The standard InChI is InChI=1S/C10H15FN4O3S/c1-2-15-19(17,18)4-3-13-10(16)8-5-7(11)6-14-9(8)12/h5-6,15H,2-4H2,1H3,(H2,12,14)(H,13,16). The van der Waals surface area contributed by atoms with Gasteiger partial charge in [-0.25, -0.2) is 22.5 Å². The highest BCUT2D eigenvalue weighted by molar-refractivity contribution is 7.89. The summed E-state index contributed by atoms with van der Waals surface area (Å²) in [4.78, 5) is 15.1. The predicted molar refractivity (Wildman–Crippen MR) is 68.4 cm³/mol. The molecule has 0 unspecified atom stereocenters. The highest BCUT2D eigenvalue weighted by atomic mass is 32.2. The van der Waals surface area contributed by atoms with E-state index in [0.717, 1.165) is 12.3 Å². The van der Waals surface area contributed by atoms with Gasteiger partial charge in [0, 0.05) is 13.1 Å². The Kier molecular flexibility index (Phi) is 5.19. The summed E-state index contributed by atoms with van der Waals surface area (Å²) in [7, 11) is -3.41. The minimum atomic E-state index is -3.41. The van der Waals surface area contributed by atoms with E-state index >= 15 is 0 Å². The Labute approximate surface area is 110 Å². The van der Waals surface area contributed by atoms with E-state index in [0.29, 0.717) is 0 Å². The predicted octanol–water partition coefficient (Wildman–Crippen LogP) is -0.528. The Morgan fingerprint density at radius 3 is 2.84 bits per heavy atom. The summed E-state index contributed by atoms with van der Waals surface area (Å²) in [6, 6.07) is 0.941. The number of nitrogens with zero attached hydrogens (tertiary/aromatic N) is 1. The minimum absolute atomic E-state index is 0.107. The molecule has 0 atom stereocenters. The molecule has 0 bridgehead atoms. The molecule has 106 valence electrons. The molecule has 19 heavy (non-hydrogen) atoms. The molecule has 0 fully saturated rings. The van der Waals surface area contributed by atoms with Crippen molar-refractivity contribution in [2.75, 3.05) is 24.6 Å². The van der Waals surface area contributed by atoms with E-state index in [4.69, 9.17) is 5.73 Å². The molecule has 0 aromatic carbocycles. The van der Waals surface area contributed by atoms with Crippen LogP contribution in [0.4, 0.5) is 10.2 Å². The summed E-state index contributed by atoms with van der Waals surface area (Å²) in [6.45, 7) is 1.82. The maximum atomic E-state index is 12.9. The van der Waals surface area contributed by atoms with Crippen molar-refractivity contribution in [3.05, 3.63) is 23.6 Å². The Hall–Kier alpha value is -1.74. The van der Waals surface area contributed by atoms with Gasteiger partial charge in [-0.2, -0.15) is 0 Å². The number of nitrogen functional groups attached to an aromatic ring is 1. The van der Waals surface area contributed by atoms with Crippen LogP contribution in [-0.4, -0.2) is 38.2 Å². The number of sulfonamides is 1. The molecule has 0 radical (unpaired) electrons. The molecular weight excluding hydrogens is 275 g/mol. The highest BCUT2D eigenvalue weighted by Crippen LogP contribution is 2.09. The summed E-state index contributed by atoms with van der Waals surface area (Å²) < 4.78 is 37.8. The summed E-state index contributed by atoms with van der Waals surface area (Å²) in [5, 5.41) is 2.34. The monoisotopic (exact) mass is 290 g/mol. The van der Waals surface area contributed by atoms with E-state index in [2.05, 4.69) is 15.0 Å². The number of nitrogens with two attached hydrogens (primary N) is 1. The van der Waals surface area contributed by atoms with Gasteiger partial charge in [-0.1, -0.05) is 6.92 Å². The van der Waals surface area contributed by atoms with Crippen LogP contribution in [0.15, 0.2) is 12.3 Å². The molecule has 1 aromatic heterocycles. The van der Waals surface area contributed by atoms with Crippen molar-refractivity contribution in [2.45, 2.75) is 6.92 Å². The fourth-order valence-electron chi connectivity index (χ4n) is 1.32. The number of nitrogens with one attached hydrogen (secondary N) is 2. The molecule has 9 heteroatoms. The van der Waals surface area contributed by atoms with Crippen molar-refractivity contribution >= 4 is 21.7 Å². The molecule has 7 nitrogen and oxygen atoms in total. The topological polar surface area (TPSA) is 114 Å². The van der Waals surface area contributed by atoms with Crippen LogP contribution in [0.2, 0.25) is 0 Å². The molecule has 0 aliphatic carbocycles. The lowest BCUT2D eigenvalue weighted by molar-refractivity contribution is 0.0956. The van der Waals surface area contributed by atoms with Crippen molar-refractivity contribution in [2.24, 2.45) is 0 Å². The van der Waals surface area contributed by atoms with E-state index in [9.17, 15) is 17.6 Å². The number of aromatic nitrogens is 1. The zero-order valence-corrected chi connectivity index (χ0v) is 11.1. The number of rotatable bonds is 6. The molecule has 0 saturated carbocycles. The second kappa shape index (κ2) is 6.43. The normalized spacial score (nSPS) is 11.3. The van der Waals surface area contributed by atoms with Crippen molar-refractivity contribution in [3.63, 3.8) is 0 Å². The van der Waals surface area contributed by atoms with Gasteiger partial charge in [-0.05, 0) is 6.07 Å². The number of amides is 1. The van der Waals surface area contributed by atoms with Crippen molar-refractivity contribution in [1.29, 1.82) is 0 Å². The van der Waals surface area contributed by atoms with Crippen LogP contribution >= 0.6 is 0 Å². The Morgan fingerprint density at radius 1 is 1.53 bits per heavy atom. The van der Waals surface area contributed by atoms with Gasteiger partial charge in [-0.15, -0.1) is 0 Å². The highest BCUT2D eigenvalue weighted by Gasteiger charge is 2.13. The van der Waals surface area contributed by atoms with E-state index in [1.807, 2.05) is 0 Å². The largest absolute Gasteiger partial charge is 0.383 e. The van der Waals surface area contributed by atoms with Gasteiger partial charge < -0.3 is 11.1 Å². The lowest BCUT2D eigenvalue weighted by atomic mass is 10.2. The third kappa shape index (κ3) is 4.79. The molecule has 0 aliphatic rings. The molecule has 1 rings (SSSR count). The molecular formula is C10H15FN4O3S. The minimum Gasteiger partial charge on any atom is -0.383 e. The average Bonchev–Trinajstić information content (AvgIpc) is 2.31. The number of hydrogen-bond acceptors (Lipinski definition) is 5. The molecule has 1 heterocycles. The van der Waals surface area contributed by atoms with Crippen LogP contribution in [0, 0.1) is 5.82 Å². The smallest absolute Gasteiger partial charge is 0.255 e. The van der Waals surface area contributed by atoms with Gasteiger partial charge in [0.1, 0.15) is 11.6 Å². The van der Waals surface area contributed by atoms with Crippen molar-refractivity contribution < 1.29 is 17.6 Å². The third-order valence-electron chi connectivity index (χ3n) is 2.15. The van der Waals surface area contributed by atoms with Crippen LogP contribution in [0.3, 0.4) is 0 Å². The lowest BCUT2D eigenvalue weighted by Crippen LogP contribution is -2.34. The second-order valence-corrected chi connectivity index (χ2v) is 5.59. The molecule has 0 saturated heterocycles. The van der Waals surface area contributed by atoms with Gasteiger partial charge in [0.15, 0.2) is 0 Å². The van der Waals surface area contributed by atoms with Crippen LogP contribution < -0.4 is 15.8 Å². The van der Waals surface area contributed by atoms with E-state index < -0.39 is 21.7 Å². The average molecular weight is 290 g/mol. The zero-order chi connectivity index (χ0) is 14.5. The first kappa shape index (κ1) is 15.3. The number of pyridine rings is 1. The number of carbonyl (C=O) groups excluding carboxylic acids is 1. The zero-order valence-electron chi connectivity index (χ0n) is 10.3. The maximum Gasteiger partial charge on any atom is 0.255 e. The van der Waals surface area contributed by atoms with Gasteiger partial charge in [0.05, 0.1) is 17.5 Å². The molecule has 0 spiro atoms. The summed E-state index contributed by atoms with van der Waals surface area (Å²) in [5.41, 5.74) is 5.30. The quantitative estimate of drug-likeness (QED) is 0.652. The van der Waals surface area contributed by atoms with Crippen LogP contribution in [-0.2, 0) is 10.0 Å². The maximum absolute atomic E-state index is 12.9. The Morgan fingerprint density at radius 2 is 2.21 bits per heavy atom.